The predicted octanol–water partition coefficient (Wildman–Crippen LogP) is 5.29. The Morgan fingerprint density at radius 2 is 1.40 bits per heavy atom. The van der Waals surface area contributed by atoms with E-state index in [1.54, 1.807) is 40.7 Å². The summed E-state index contributed by atoms with van der Waals surface area (Å²) in [6, 6.07) is 22.9. The van der Waals surface area contributed by atoms with Crippen molar-refractivity contribution in [2.24, 2.45) is 17.8 Å². The molecule has 0 saturated carbocycles. The van der Waals surface area contributed by atoms with Gasteiger partial charge in [0.25, 0.3) is 0 Å². The number of carbonyl (C=O) groups excluding carboxylic acids is 1. The third kappa shape index (κ3) is 7.55. The van der Waals surface area contributed by atoms with E-state index in [2.05, 4.69) is 31.3 Å². The molecule has 2 fully saturated rings. The second-order valence-corrected chi connectivity index (χ2v) is 16.0. The van der Waals surface area contributed by atoms with E-state index in [1.807, 2.05) is 18.2 Å². The van der Waals surface area contributed by atoms with Gasteiger partial charge in [-0.25, -0.2) is 16.8 Å². The molecule has 3 aromatic carbocycles. The van der Waals surface area contributed by atoms with Crippen molar-refractivity contribution >= 4 is 31.5 Å². The Bertz CT molecular complexity index is 1610. The molecular formula is C33H41N3O5S2. The lowest BCUT2D eigenvalue weighted by Crippen LogP contribution is -2.42. The molecule has 230 valence electrons. The predicted molar refractivity (Wildman–Crippen MR) is 169 cm³/mol. The topological polar surface area (TPSA) is 104 Å². The standard InChI is InChI=1S/C33H41N3O5S2/c1-25-19-26(2)24-36(23-25)43(40,41)32-10-6-9-29(21-32)33(37)22-34-30-11-13-31(14-12-30)42(38,39)35-17-15-28(16-18-35)20-27-7-4-3-5-8-27/h3-14,21,25-26,28,34H,15-20,22-24H2,1-2H3. The summed E-state index contributed by atoms with van der Waals surface area (Å²) in [4.78, 5) is 13.3. The average Bonchev–Trinajstić information content (AvgIpc) is 3.00. The lowest BCUT2D eigenvalue weighted by molar-refractivity contribution is 0.101. The Hall–Kier alpha value is -3.05. The molecule has 0 spiro atoms. The normalized spacial score (nSPS) is 21.0. The third-order valence-corrected chi connectivity index (χ3v) is 12.3. The van der Waals surface area contributed by atoms with Crippen molar-refractivity contribution < 1.29 is 21.6 Å². The zero-order valence-corrected chi connectivity index (χ0v) is 26.5. The molecular weight excluding hydrogens is 583 g/mol. The quantitative estimate of drug-likeness (QED) is 0.308. The number of nitrogens with zero attached hydrogens (tertiary/aromatic N) is 2. The molecule has 0 amide bonds. The van der Waals surface area contributed by atoms with Crippen molar-refractivity contribution in [2.75, 3.05) is 38.0 Å². The van der Waals surface area contributed by atoms with Crippen LogP contribution in [0.3, 0.4) is 0 Å². The van der Waals surface area contributed by atoms with E-state index < -0.39 is 20.0 Å². The fraction of sp³-hybridized carbons (Fsp3) is 0.424. The molecule has 0 aliphatic carbocycles. The number of nitrogens with one attached hydrogen (secondary N) is 1. The smallest absolute Gasteiger partial charge is 0.243 e. The van der Waals surface area contributed by atoms with Crippen LogP contribution in [-0.2, 0) is 26.5 Å². The summed E-state index contributed by atoms with van der Waals surface area (Å²) in [5.41, 5.74) is 2.19. The SMILES string of the molecule is CC1CC(C)CN(S(=O)(=O)c2cccc(C(=O)CNc3ccc(S(=O)(=O)N4CCC(Cc5ccccc5)CC4)cc3)c2)C1. The highest BCUT2D eigenvalue weighted by Gasteiger charge is 2.32. The number of hydrogen-bond acceptors (Lipinski definition) is 6. The summed E-state index contributed by atoms with van der Waals surface area (Å²) in [7, 11) is -7.30. The summed E-state index contributed by atoms with van der Waals surface area (Å²) in [6.07, 6.45) is 3.62. The highest BCUT2D eigenvalue weighted by atomic mass is 32.2. The van der Waals surface area contributed by atoms with Crippen LogP contribution >= 0.6 is 0 Å². The zero-order chi connectivity index (χ0) is 30.6. The number of sulfonamides is 2. The first-order chi connectivity index (χ1) is 20.5. The largest absolute Gasteiger partial charge is 0.378 e. The van der Waals surface area contributed by atoms with E-state index in [0.29, 0.717) is 43.3 Å². The molecule has 2 atom stereocenters. The Morgan fingerprint density at radius 3 is 2.05 bits per heavy atom. The van der Waals surface area contributed by atoms with Gasteiger partial charge in [0, 0.05) is 37.4 Å². The van der Waals surface area contributed by atoms with E-state index >= 15 is 0 Å². The Morgan fingerprint density at radius 1 is 0.767 bits per heavy atom. The van der Waals surface area contributed by atoms with Crippen molar-refractivity contribution in [2.45, 2.75) is 49.3 Å². The number of benzene rings is 3. The van der Waals surface area contributed by atoms with Crippen LogP contribution in [0.25, 0.3) is 0 Å². The molecule has 1 N–H and O–H groups in total. The summed E-state index contributed by atoms with van der Waals surface area (Å²) >= 11 is 0. The lowest BCUT2D eigenvalue weighted by atomic mass is 9.91. The maximum atomic E-state index is 13.3. The summed E-state index contributed by atoms with van der Waals surface area (Å²) in [5.74, 6) is 0.778. The van der Waals surface area contributed by atoms with Gasteiger partial charge in [-0.1, -0.05) is 56.3 Å². The molecule has 2 saturated heterocycles. The van der Waals surface area contributed by atoms with Gasteiger partial charge in [-0.2, -0.15) is 8.61 Å². The molecule has 43 heavy (non-hydrogen) atoms. The van der Waals surface area contributed by atoms with Crippen molar-refractivity contribution in [1.29, 1.82) is 0 Å². The maximum Gasteiger partial charge on any atom is 0.243 e. The van der Waals surface area contributed by atoms with Crippen LogP contribution in [0.4, 0.5) is 5.69 Å². The molecule has 0 radical (unpaired) electrons. The van der Waals surface area contributed by atoms with Gasteiger partial charge in [0.05, 0.1) is 16.3 Å². The fourth-order valence-corrected chi connectivity index (χ4v) is 9.46. The molecule has 0 aromatic heterocycles. The average molecular weight is 624 g/mol. The van der Waals surface area contributed by atoms with Gasteiger partial charge in [-0.3, -0.25) is 4.79 Å². The second-order valence-electron chi connectivity index (χ2n) is 12.1. The molecule has 8 nitrogen and oxygen atoms in total. The van der Waals surface area contributed by atoms with Crippen molar-refractivity contribution in [3.63, 3.8) is 0 Å². The van der Waals surface area contributed by atoms with Crippen LogP contribution in [0.15, 0.2) is 88.7 Å². The van der Waals surface area contributed by atoms with Gasteiger partial charge in [0.15, 0.2) is 5.78 Å². The summed E-state index contributed by atoms with van der Waals surface area (Å²) in [5, 5.41) is 3.05. The van der Waals surface area contributed by atoms with Gasteiger partial charge < -0.3 is 5.32 Å². The highest BCUT2D eigenvalue weighted by molar-refractivity contribution is 7.89. The number of rotatable bonds is 10. The van der Waals surface area contributed by atoms with Gasteiger partial charge in [-0.05, 0) is 85.4 Å². The van der Waals surface area contributed by atoms with Gasteiger partial charge in [-0.15, -0.1) is 0 Å². The minimum Gasteiger partial charge on any atom is -0.378 e. The third-order valence-electron chi connectivity index (χ3n) is 8.52. The maximum absolute atomic E-state index is 13.3. The Kier molecular flexibility index (Phi) is 9.70. The molecule has 0 bridgehead atoms. The fourth-order valence-electron chi connectivity index (χ4n) is 6.26. The van der Waals surface area contributed by atoms with Gasteiger partial charge in [0.2, 0.25) is 20.0 Å². The van der Waals surface area contributed by atoms with Crippen molar-refractivity contribution in [3.8, 4) is 0 Å². The lowest BCUT2D eigenvalue weighted by Gasteiger charge is -2.34. The molecule has 2 unspecified atom stereocenters. The molecule has 2 aliphatic heterocycles. The summed E-state index contributed by atoms with van der Waals surface area (Å²) in [6.45, 7) is 6.01. The minimum absolute atomic E-state index is 0.0533. The molecule has 5 rings (SSSR count). The number of carbonyl (C=O) groups is 1. The van der Waals surface area contributed by atoms with Crippen LogP contribution in [0, 0.1) is 17.8 Å². The van der Waals surface area contributed by atoms with Gasteiger partial charge in [0.1, 0.15) is 0 Å². The van der Waals surface area contributed by atoms with Crippen LogP contribution in [0.5, 0.6) is 0 Å². The van der Waals surface area contributed by atoms with Crippen molar-refractivity contribution in [1.82, 2.24) is 8.61 Å². The summed E-state index contributed by atoms with van der Waals surface area (Å²) < 4.78 is 56.2. The van der Waals surface area contributed by atoms with E-state index in [9.17, 15) is 21.6 Å². The molecule has 3 aromatic rings. The number of anilines is 1. The number of ketones is 1. The Balaban J connectivity index is 1.16. The van der Waals surface area contributed by atoms with E-state index in [1.165, 1.54) is 22.0 Å². The first-order valence-electron chi connectivity index (χ1n) is 15.0. The van der Waals surface area contributed by atoms with E-state index in [0.717, 1.165) is 25.7 Å². The van der Waals surface area contributed by atoms with Crippen LogP contribution < -0.4 is 5.32 Å². The number of hydrogen-bond donors (Lipinski definition) is 1. The number of Topliss-reactive ketones (excluding diaryl/α,β-unsaturated/α-hetero) is 1. The first kappa shape index (κ1) is 31.4. The van der Waals surface area contributed by atoms with Crippen LogP contribution in [0.1, 0.15) is 49.0 Å². The highest BCUT2D eigenvalue weighted by Crippen LogP contribution is 2.28. The second kappa shape index (κ2) is 13.3. The molecule has 10 heteroatoms. The zero-order valence-electron chi connectivity index (χ0n) is 24.9. The van der Waals surface area contributed by atoms with Gasteiger partial charge >= 0.3 is 0 Å². The molecule has 2 aliphatic rings. The molecule has 2 heterocycles. The van der Waals surface area contributed by atoms with E-state index in [4.69, 9.17) is 0 Å². The number of piperidine rings is 2. The first-order valence-corrected chi connectivity index (χ1v) is 17.9. The van der Waals surface area contributed by atoms with E-state index in [-0.39, 0.29) is 34.0 Å². The van der Waals surface area contributed by atoms with Crippen LogP contribution in [-0.4, -0.2) is 64.0 Å². The minimum atomic E-state index is -3.70. The monoisotopic (exact) mass is 623 g/mol. The van der Waals surface area contributed by atoms with Crippen molar-refractivity contribution in [3.05, 3.63) is 90.0 Å². The van der Waals surface area contributed by atoms with Crippen LogP contribution in [0.2, 0.25) is 0 Å². The Labute approximate surface area is 256 Å².